The number of carbonyl (C=O) groups excluding carboxylic acids is 1. The molecule has 2 N–H and O–H groups in total. The molecular weight excluding hydrogens is 367 g/mol. The average Bonchev–Trinajstić information content (AvgIpc) is 3.01. The third-order valence-corrected chi connectivity index (χ3v) is 4.41. The lowest BCUT2D eigenvalue weighted by molar-refractivity contribution is -0.137. The van der Waals surface area contributed by atoms with E-state index in [0.717, 1.165) is 34.6 Å². The molecule has 0 fully saturated rings. The molecule has 2 amide bonds. The monoisotopic (exact) mass is 382 g/mol. The zero-order chi connectivity index (χ0) is 19.7. The van der Waals surface area contributed by atoms with Crippen LogP contribution in [0.5, 0.6) is 0 Å². The number of nitrogens with zero attached hydrogens (tertiary/aromatic N) is 1. The lowest BCUT2D eigenvalue weighted by Crippen LogP contribution is -2.08. The van der Waals surface area contributed by atoms with Crippen molar-refractivity contribution in [3.05, 3.63) is 83.4 Å². The van der Waals surface area contributed by atoms with Gasteiger partial charge < -0.3 is 10.6 Å². The van der Waals surface area contributed by atoms with Crippen molar-refractivity contribution >= 4 is 28.8 Å². The fraction of sp³-hybridized carbons (Fsp3) is 0.0952. The molecule has 0 saturated carbocycles. The predicted molar refractivity (Wildman–Crippen MR) is 101 cm³/mol. The number of urea groups is 1. The number of rotatable bonds is 4. The number of amides is 2. The molecule has 141 valence electrons. The molecule has 1 aliphatic heterocycles. The zero-order valence-electron chi connectivity index (χ0n) is 14.5. The van der Waals surface area contributed by atoms with Gasteiger partial charge in [-0.25, -0.2) is 4.79 Å². The third kappa shape index (κ3) is 3.78. The lowest BCUT2D eigenvalue weighted by Gasteiger charge is -2.15. The minimum atomic E-state index is -4.36. The summed E-state index contributed by atoms with van der Waals surface area (Å²) in [4.78, 5) is 11.6. The Balaban J connectivity index is 1.67. The van der Waals surface area contributed by atoms with Gasteiger partial charge in [-0.15, -0.1) is 0 Å². The Morgan fingerprint density at radius 1 is 0.964 bits per heavy atom. The normalized spacial score (nSPS) is 12.9. The Bertz CT molecular complexity index is 1020. The van der Waals surface area contributed by atoms with Crippen molar-refractivity contribution in [2.24, 2.45) is 0 Å². The molecule has 0 unspecified atom stereocenters. The Labute approximate surface area is 159 Å². The highest BCUT2D eigenvalue weighted by molar-refractivity contribution is 6.03. The van der Waals surface area contributed by atoms with Crippen LogP contribution >= 0.6 is 0 Å². The maximum absolute atomic E-state index is 12.8. The van der Waals surface area contributed by atoms with Crippen LogP contribution in [0.2, 0.25) is 0 Å². The summed E-state index contributed by atoms with van der Waals surface area (Å²) in [5.74, 6) is 0. The predicted octanol–water partition coefficient (Wildman–Crippen LogP) is 5.82. The maximum Gasteiger partial charge on any atom is 0.416 e. The van der Waals surface area contributed by atoms with Crippen molar-refractivity contribution in [1.82, 2.24) is 5.32 Å². The fourth-order valence-corrected chi connectivity index (χ4v) is 3.05. The number of hydrogen-bond donors (Lipinski definition) is 2. The van der Waals surface area contributed by atoms with Crippen LogP contribution in [0.15, 0.2) is 66.7 Å². The fourth-order valence-electron chi connectivity index (χ4n) is 3.05. The molecule has 0 atom stereocenters. The van der Waals surface area contributed by atoms with E-state index in [4.69, 9.17) is 0 Å². The van der Waals surface area contributed by atoms with Crippen LogP contribution in [0.4, 0.5) is 40.7 Å². The van der Waals surface area contributed by atoms with E-state index in [1.807, 2.05) is 30.3 Å². The van der Waals surface area contributed by atoms with Gasteiger partial charge in [0.05, 0.1) is 16.9 Å². The summed E-state index contributed by atoms with van der Waals surface area (Å²) < 4.78 is 38.3. The number of carbonyl (C=O) groups is 1. The molecule has 1 radical (unpaired) electrons. The van der Waals surface area contributed by atoms with Crippen molar-refractivity contribution in [2.45, 2.75) is 12.6 Å². The molecule has 1 heterocycles. The largest absolute Gasteiger partial charge is 0.416 e. The van der Waals surface area contributed by atoms with E-state index >= 15 is 0 Å². The number of para-hydroxylation sites is 1. The van der Waals surface area contributed by atoms with Crippen LogP contribution in [0.1, 0.15) is 16.7 Å². The standard InChI is InChI=1S/C21H15F3N3O/c22-21(23,24)15-8-6-13(7-9-15)10-14-11-18-19(27-20(28)26-18)12-17(14)25-16-4-2-1-3-5-16/h1-9,11-12,25H,10H2,(H,26,28). The van der Waals surface area contributed by atoms with Gasteiger partial charge >= 0.3 is 12.2 Å². The molecule has 0 spiro atoms. The first-order chi connectivity index (χ1) is 13.4. The smallest absolute Gasteiger partial charge is 0.355 e. The van der Waals surface area contributed by atoms with Crippen LogP contribution in [0.3, 0.4) is 0 Å². The molecule has 1 aliphatic rings. The maximum atomic E-state index is 12.8. The number of anilines is 3. The van der Waals surface area contributed by atoms with Gasteiger partial charge in [-0.2, -0.15) is 18.5 Å². The lowest BCUT2D eigenvalue weighted by atomic mass is 10.0. The molecule has 7 heteroatoms. The first-order valence-electron chi connectivity index (χ1n) is 8.56. The molecule has 0 aliphatic carbocycles. The number of hydrogen-bond acceptors (Lipinski definition) is 2. The Kier molecular flexibility index (Phi) is 4.43. The second-order valence-corrected chi connectivity index (χ2v) is 6.43. The molecule has 0 saturated heterocycles. The minimum Gasteiger partial charge on any atom is -0.355 e. The summed E-state index contributed by atoms with van der Waals surface area (Å²) >= 11 is 0. The van der Waals surface area contributed by atoms with Crippen molar-refractivity contribution in [3.63, 3.8) is 0 Å². The van der Waals surface area contributed by atoms with Crippen molar-refractivity contribution in [1.29, 1.82) is 0 Å². The summed E-state index contributed by atoms with van der Waals surface area (Å²) in [5, 5.41) is 9.88. The summed E-state index contributed by atoms with van der Waals surface area (Å²) in [6.45, 7) is 0. The highest BCUT2D eigenvalue weighted by atomic mass is 19.4. The Morgan fingerprint density at radius 3 is 2.36 bits per heavy atom. The molecule has 4 rings (SSSR count). The summed E-state index contributed by atoms with van der Waals surface area (Å²) in [5.41, 5.74) is 3.59. The van der Waals surface area contributed by atoms with Crippen molar-refractivity contribution < 1.29 is 18.0 Å². The summed E-state index contributed by atoms with van der Waals surface area (Å²) in [7, 11) is 0. The van der Waals surface area contributed by atoms with E-state index < -0.39 is 17.8 Å². The van der Waals surface area contributed by atoms with Crippen LogP contribution in [-0.4, -0.2) is 6.03 Å². The van der Waals surface area contributed by atoms with Gasteiger partial charge in [-0.05, 0) is 53.9 Å². The van der Waals surface area contributed by atoms with Crippen molar-refractivity contribution in [2.75, 3.05) is 10.6 Å². The van der Waals surface area contributed by atoms with E-state index in [1.54, 1.807) is 12.1 Å². The van der Waals surface area contributed by atoms with Crippen LogP contribution in [0.25, 0.3) is 0 Å². The first-order valence-corrected chi connectivity index (χ1v) is 8.56. The Morgan fingerprint density at radius 2 is 1.68 bits per heavy atom. The van der Waals surface area contributed by atoms with Gasteiger partial charge in [0, 0.05) is 11.4 Å². The molecule has 3 aromatic rings. The molecule has 0 bridgehead atoms. The van der Waals surface area contributed by atoms with Gasteiger partial charge in [0.2, 0.25) is 0 Å². The van der Waals surface area contributed by atoms with Crippen LogP contribution in [-0.2, 0) is 12.6 Å². The van der Waals surface area contributed by atoms with Crippen molar-refractivity contribution in [3.8, 4) is 0 Å². The zero-order valence-corrected chi connectivity index (χ0v) is 14.5. The van der Waals surface area contributed by atoms with E-state index in [-0.39, 0.29) is 0 Å². The van der Waals surface area contributed by atoms with Crippen LogP contribution in [0, 0.1) is 0 Å². The number of benzene rings is 3. The molecule has 4 nitrogen and oxygen atoms in total. The van der Waals surface area contributed by atoms with Gasteiger partial charge in [0.1, 0.15) is 0 Å². The quantitative estimate of drug-likeness (QED) is 0.597. The SMILES string of the molecule is O=C1[N]c2cc(Nc3ccccc3)c(Cc3ccc(C(F)(F)F)cc3)cc2N1. The van der Waals surface area contributed by atoms with Crippen LogP contribution < -0.4 is 16.0 Å². The first kappa shape index (κ1) is 17.9. The van der Waals surface area contributed by atoms with Gasteiger partial charge in [-0.3, -0.25) is 0 Å². The van der Waals surface area contributed by atoms with Gasteiger partial charge in [-0.1, -0.05) is 30.3 Å². The average molecular weight is 382 g/mol. The van der Waals surface area contributed by atoms with E-state index in [2.05, 4.69) is 16.0 Å². The summed E-state index contributed by atoms with van der Waals surface area (Å²) in [6, 6.07) is 17.7. The second kappa shape index (κ2) is 6.92. The van der Waals surface area contributed by atoms with E-state index in [1.165, 1.54) is 12.1 Å². The molecule has 28 heavy (non-hydrogen) atoms. The third-order valence-electron chi connectivity index (χ3n) is 4.41. The summed E-state index contributed by atoms with van der Waals surface area (Å²) in [6.07, 6.45) is -3.96. The number of nitrogens with one attached hydrogen (secondary N) is 2. The number of alkyl halides is 3. The minimum absolute atomic E-state index is 0.399. The number of fused-ring (bicyclic) bond motifs is 1. The topological polar surface area (TPSA) is 55.2 Å². The van der Waals surface area contributed by atoms with E-state index in [0.29, 0.717) is 17.8 Å². The highest BCUT2D eigenvalue weighted by Crippen LogP contribution is 2.36. The van der Waals surface area contributed by atoms with Gasteiger partial charge in [0.15, 0.2) is 0 Å². The highest BCUT2D eigenvalue weighted by Gasteiger charge is 2.30. The van der Waals surface area contributed by atoms with Gasteiger partial charge in [0.25, 0.3) is 0 Å². The second-order valence-electron chi connectivity index (χ2n) is 6.43. The van der Waals surface area contributed by atoms with E-state index in [9.17, 15) is 18.0 Å². The molecular formula is C21H15F3N3O. The molecule has 0 aromatic heterocycles. The Hall–Kier alpha value is -3.48. The molecule has 3 aromatic carbocycles. The number of halogens is 3.